The van der Waals surface area contributed by atoms with Gasteiger partial charge in [0.2, 0.25) is 5.91 Å². The van der Waals surface area contributed by atoms with E-state index < -0.39 is 0 Å². The Morgan fingerprint density at radius 3 is 2.62 bits per heavy atom. The Balaban J connectivity index is 1.52. The fourth-order valence-corrected chi connectivity index (χ4v) is 3.26. The minimum atomic E-state index is 0.232. The van der Waals surface area contributed by atoms with Crippen molar-refractivity contribution in [3.05, 3.63) is 29.8 Å². The minimum Gasteiger partial charge on any atom is -0.496 e. The standard InChI is InChI=1S/C17H24N2O2/c1-21-16-5-3-2-4-14(16)10-13-6-8-19(9-7-13)17(20)15-11-18-12-15/h2-5,13,15,18H,6-12H2,1H3. The molecule has 0 aliphatic carbocycles. The minimum absolute atomic E-state index is 0.232. The molecule has 2 aliphatic heterocycles. The quantitative estimate of drug-likeness (QED) is 0.917. The van der Waals surface area contributed by atoms with Gasteiger partial charge in [0.25, 0.3) is 0 Å². The van der Waals surface area contributed by atoms with Gasteiger partial charge in [-0.3, -0.25) is 4.79 Å². The molecule has 0 spiro atoms. The molecule has 0 atom stereocenters. The Hall–Kier alpha value is -1.55. The van der Waals surface area contributed by atoms with Crippen LogP contribution in [0.2, 0.25) is 0 Å². The van der Waals surface area contributed by atoms with E-state index in [9.17, 15) is 4.79 Å². The molecule has 21 heavy (non-hydrogen) atoms. The summed E-state index contributed by atoms with van der Waals surface area (Å²) < 4.78 is 5.43. The lowest BCUT2D eigenvalue weighted by Crippen LogP contribution is -2.53. The van der Waals surface area contributed by atoms with E-state index >= 15 is 0 Å². The predicted molar refractivity (Wildman–Crippen MR) is 82.4 cm³/mol. The van der Waals surface area contributed by atoms with Gasteiger partial charge in [0.15, 0.2) is 0 Å². The number of likely N-dealkylation sites (tertiary alicyclic amines) is 1. The monoisotopic (exact) mass is 288 g/mol. The lowest BCUT2D eigenvalue weighted by Gasteiger charge is -2.37. The van der Waals surface area contributed by atoms with Crippen LogP contribution in [0.25, 0.3) is 0 Å². The third kappa shape index (κ3) is 3.21. The molecule has 0 unspecified atom stereocenters. The van der Waals surface area contributed by atoms with Gasteiger partial charge in [0.05, 0.1) is 13.0 Å². The lowest BCUT2D eigenvalue weighted by molar-refractivity contribution is -0.138. The number of hydrogen-bond acceptors (Lipinski definition) is 3. The Bertz CT molecular complexity index is 491. The summed E-state index contributed by atoms with van der Waals surface area (Å²) in [7, 11) is 1.73. The second-order valence-corrected chi connectivity index (χ2v) is 6.14. The van der Waals surface area contributed by atoms with Gasteiger partial charge in [-0.15, -0.1) is 0 Å². The number of rotatable bonds is 4. The van der Waals surface area contributed by atoms with E-state index in [1.165, 1.54) is 5.56 Å². The van der Waals surface area contributed by atoms with Crippen LogP contribution in [0.5, 0.6) is 5.75 Å². The van der Waals surface area contributed by atoms with Gasteiger partial charge in [-0.25, -0.2) is 0 Å². The number of carbonyl (C=O) groups is 1. The summed E-state index contributed by atoms with van der Waals surface area (Å²) in [6.07, 6.45) is 3.25. The third-order valence-corrected chi connectivity index (χ3v) is 4.76. The summed E-state index contributed by atoms with van der Waals surface area (Å²) in [4.78, 5) is 14.3. The van der Waals surface area contributed by atoms with E-state index in [-0.39, 0.29) is 5.92 Å². The molecular weight excluding hydrogens is 264 g/mol. The Morgan fingerprint density at radius 1 is 1.29 bits per heavy atom. The molecule has 2 aliphatic rings. The van der Waals surface area contributed by atoms with Crippen LogP contribution in [0.1, 0.15) is 18.4 Å². The number of benzene rings is 1. The van der Waals surface area contributed by atoms with Crippen molar-refractivity contribution in [2.45, 2.75) is 19.3 Å². The highest BCUT2D eigenvalue weighted by molar-refractivity contribution is 5.80. The number of ether oxygens (including phenoxy) is 1. The largest absolute Gasteiger partial charge is 0.496 e. The summed E-state index contributed by atoms with van der Waals surface area (Å²) >= 11 is 0. The number of hydrogen-bond donors (Lipinski definition) is 1. The van der Waals surface area contributed by atoms with Gasteiger partial charge in [0.1, 0.15) is 5.75 Å². The van der Waals surface area contributed by atoms with Crippen molar-refractivity contribution < 1.29 is 9.53 Å². The fraction of sp³-hybridized carbons (Fsp3) is 0.588. The van der Waals surface area contributed by atoms with Crippen molar-refractivity contribution in [3.63, 3.8) is 0 Å². The van der Waals surface area contributed by atoms with Crippen LogP contribution in [0, 0.1) is 11.8 Å². The molecule has 0 aromatic heterocycles. The van der Waals surface area contributed by atoms with E-state index in [1.807, 2.05) is 12.1 Å². The molecule has 0 radical (unpaired) electrons. The van der Waals surface area contributed by atoms with E-state index in [2.05, 4.69) is 22.3 Å². The third-order valence-electron chi connectivity index (χ3n) is 4.76. The molecule has 2 heterocycles. The maximum Gasteiger partial charge on any atom is 0.228 e. The second kappa shape index (κ2) is 6.48. The summed E-state index contributed by atoms with van der Waals surface area (Å²) in [6, 6.07) is 8.25. The zero-order chi connectivity index (χ0) is 14.7. The smallest absolute Gasteiger partial charge is 0.228 e. The van der Waals surface area contributed by atoms with Gasteiger partial charge in [0, 0.05) is 26.2 Å². The molecule has 2 fully saturated rings. The topological polar surface area (TPSA) is 41.6 Å². The van der Waals surface area contributed by atoms with Crippen molar-refractivity contribution in [1.29, 1.82) is 0 Å². The first-order chi connectivity index (χ1) is 10.3. The first kappa shape index (κ1) is 14.4. The molecule has 114 valence electrons. The van der Waals surface area contributed by atoms with Crippen LogP contribution < -0.4 is 10.1 Å². The number of nitrogens with zero attached hydrogens (tertiary/aromatic N) is 1. The normalized spacial score (nSPS) is 20.1. The van der Waals surface area contributed by atoms with Gasteiger partial charge in [-0.05, 0) is 36.8 Å². The van der Waals surface area contributed by atoms with E-state index in [4.69, 9.17) is 4.74 Å². The molecule has 0 saturated carbocycles. The Morgan fingerprint density at radius 2 is 2.00 bits per heavy atom. The number of piperidine rings is 1. The molecule has 1 aromatic rings. The summed E-state index contributed by atoms with van der Waals surface area (Å²) in [6.45, 7) is 3.55. The molecule has 2 saturated heterocycles. The maximum absolute atomic E-state index is 12.2. The van der Waals surface area contributed by atoms with Crippen LogP contribution in [-0.4, -0.2) is 44.1 Å². The van der Waals surface area contributed by atoms with Crippen LogP contribution >= 0.6 is 0 Å². The van der Waals surface area contributed by atoms with Crippen LogP contribution in [-0.2, 0) is 11.2 Å². The van der Waals surface area contributed by atoms with Crippen LogP contribution in [0.15, 0.2) is 24.3 Å². The SMILES string of the molecule is COc1ccccc1CC1CCN(C(=O)C2CNC2)CC1. The predicted octanol–water partition coefficient (Wildman–Crippen LogP) is 1.70. The van der Waals surface area contributed by atoms with Crippen molar-refractivity contribution in [2.24, 2.45) is 11.8 Å². The first-order valence-electron chi connectivity index (χ1n) is 7.89. The zero-order valence-electron chi connectivity index (χ0n) is 12.7. The summed E-state index contributed by atoms with van der Waals surface area (Å²) in [5.74, 6) is 2.22. The number of carbonyl (C=O) groups excluding carboxylic acids is 1. The van der Waals surface area contributed by atoms with Crippen LogP contribution in [0.3, 0.4) is 0 Å². The fourth-order valence-electron chi connectivity index (χ4n) is 3.26. The number of nitrogens with one attached hydrogen (secondary N) is 1. The van der Waals surface area contributed by atoms with Crippen LogP contribution in [0.4, 0.5) is 0 Å². The highest BCUT2D eigenvalue weighted by atomic mass is 16.5. The van der Waals surface area contributed by atoms with E-state index in [0.717, 1.165) is 51.2 Å². The van der Waals surface area contributed by atoms with E-state index in [0.29, 0.717) is 11.8 Å². The maximum atomic E-state index is 12.2. The zero-order valence-corrected chi connectivity index (χ0v) is 12.7. The van der Waals surface area contributed by atoms with Gasteiger partial charge in [-0.1, -0.05) is 18.2 Å². The number of methoxy groups -OCH3 is 1. The average Bonchev–Trinajstić information content (AvgIpc) is 2.47. The lowest BCUT2D eigenvalue weighted by atomic mass is 9.89. The number of amides is 1. The van der Waals surface area contributed by atoms with Crippen molar-refractivity contribution in [2.75, 3.05) is 33.3 Å². The molecule has 4 nitrogen and oxygen atoms in total. The number of para-hydroxylation sites is 1. The first-order valence-corrected chi connectivity index (χ1v) is 7.89. The molecule has 3 rings (SSSR count). The van der Waals surface area contributed by atoms with Crippen molar-refractivity contribution in [3.8, 4) is 5.75 Å². The molecule has 1 aromatic carbocycles. The molecule has 1 N–H and O–H groups in total. The molecular formula is C17H24N2O2. The summed E-state index contributed by atoms with van der Waals surface area (Å²) in [5, 5.41) is 3.17. The van der Waals surface area contributed by atoms with Gasteiger partial charge < -0.3 is 15.0 Å². The Kier molecular flexibility index (Phi) is 4.44. The van der Waals surface area contributed by atoms with Gasteiger partial charge >= 0.3 is 0 Å². The highest BCUT2D eigenvalue weighted by Crippen LogP contribution is 2.27. The Labute approximate surface area is 126 Å². The molecule has 4 heteroatoms. The molecule has 0 bridgehead atoms. The molecule has 1 amide bonds. The van der Waals surface area contributed by atoms with Gasteiger partial charge in [-0.2, -0.15) is 0 Å². The average molecular weight is 288 g/mol. The van der Waals surface area contributed by atoms with Crippen molar-refractivity contribution >= 4 is 5.91 Å². The highest BCUT2D eigenvalue weighted by Gasteiger charge is 2.31. The summed E-state index contributed by atoms with van der Waals surface area (Å²) in [5.41, 5.74) is 1.29. The second-order valence-electron chi connectivity index (χ2n) is 6.14. The van der Waals surface area contributed by atoms with Crippen molar-refractivity contribution in [1.82, 2.24) is 10.2 Å². The van der Waals surface area contributed by atoms with E-state index in [1.54, 1.807) is 7.11 Å².